The second kappa shape index (κ2) is 6.95. The molecule has 1 aromatic carbocycles. The fourth-order valence-electron chi connectivity index (χ4n) is 4.02. The van der Waals surface area contributed by atoms with Crippen LogP contribution < -0.4 is 9.64 Å². The Kier molecular flexibility index (Phi) is 4.27. The summed E-state index contributed by atoms with van der Waals surface area (Å²) in [4.78, 5) is 36.5. The second-order valence-electron chi connectivity index (χ2n) is 7.74. The van der Waals surface area contributed by atoms with Gasteiger partial charge < -0.3 is 4.74 Å². The van der Waals surface area contributed by atoms with E-state index < -0.39 is 0 Å². The Balaban J connectivity index is 1.55. The van der Waals surface area contributed by atoms with Crippen LogP contribution in [-0.2, 0) is 4.79 Å². The number of carbonyl (C=O) groups excluding carboxylic acids is 2. The number of hydrogen-bond acceptors (Lipinski definition) is 5. The van der Waals surface area contributed by atoms with E-state index in [2.05, 4.69) is 9.97 Å². The number of amides is 1. The van der Waals surface area contributed by atoms with Gasteiger partial charge >= 0.3 is 0 Å². The summed E-state index contributed by atoms with van der Waals surface area (Å²) in [6.45, 7) is 0. The van der Waals surface area contributed by atoms with Gasteiger partial charge in [0.1, 0.15) is 11.6 Å². The number of methoxy groups -OCH3 is 1. The smallest absolute Gasteiger partial charge is 0.260 e. The second-order valence-corrected chi connectivity index (χ2v) is 7.74. The minimum Gasteiger partial charge on any atom is -0.481 e. The topological polar surface area (TPSA) is 72.4 Å². The molecule has 1 atom stereocenters. The fourth-order valence-corrected chi connectivity index (χ4v) is 4.02. The standard InChI is InChI=1S/C23H21N3O3/c1-29-21-11-9-15-8-10-20(24-22(15)25-21)26-19(13-16(27)12-14-6-7-14)17-4-2-3-5-18(17)23(26)28/h2-5,8-11,14,19H,6-7,12-13H2,1H3. The van der Waals surface area contributed by atoms with Gasteiger partial charge in [0.25, 0.3) is 5.91 Å². The maximum atomic E-state index is 13.2. The van der Waals surface area contributed by atoms with E-state index in [4.69, 9.17) is 4.74 Å². The average Bonchev–Trinajstić information content (AvgIpc) is 3.51. The number of ketones is 1. The quantitative estimate of drug-likeness (QED) is 0.637. The maximum Gasteiger partial charge on any atom is 0.260 e. The molecule has 6 nitrogen and oxygen atoms in total. The first kappa shape index (κ1) is 17.8. The number of anilines is 1. The minimum atomic E-state index is -0.333. The van der Waals surface area contributed by atoms with Gasteiger partial charge in [0.05, 0.1) is 13.2 Å². The van der Waals surface area contributed by atoms with Crippen molar-refractivity contribution in [2.45, 2.75) is 31.7 Å². The number of nitrogens with zero attached hydrogens (tertiary/aromatic N) is 3. The Morgan fingerprint density at radius 3 is 2.66 bits per heavy atom. The van der Waals surface area contributed by atoms with Gasteiger partial charge in [-0.3, -0.25) is 14.5 Å². The lowest BCUT2D eigenvalue weighted by Gasteiger charge is -2.24. The molecule has 6 heteroatoms. The number of rotatable bonds is 6. The van der Waals surface area contributed by atoms with Crippen LogP contribution in [0.4, 0.5) is 5.82 Å². The summed E-state index contributed by atoms with van der Waals surface area (Å²) < 4.78 is 5.20. The molecular formula is C23H21N3O3. The molecule has 1 aliphatic carbocycles. The zero-order chi connectivity index (χ0) is 20.0. The largest absolute Gasteiger partial charge is 0.481 e. The molecule has 146 valence electrons. The molecule has 3 heterocycles. The van der Waals surface area contributed by atoms with E-state index in [0.717, 1.165) is 23.8 Å². The summed E-state index contributed by atoms with van der Waals surface area (Å²) in [7, 11) is 1.56. The summed E-state index contributed by atoms with van der Waals surface area (Å²) in [5.41, 5.74) is 2.04. The summed E-state index contributed by atoms with van der Waals surface area (Å²) in [6.07, 6.45) is 3.18. The number of aromatic nitrogens is 2. The van der Waals surface area contributed by atoms with E-state index >= 15 is 0 Å². The Hall–Kier alpha value is -3.28. The Bertz CT molecular complexity index is 1120. The van der Waals surface area contributed by atoms with Crippen molar-refractivity contribution in [2.75, 3.05) is 12.0 Å². The molecule has 0 radical (unpaired) electrons. The van der Waals surface area contributed by atoms with Crippen LogP contribution in [0, 0.1) is 5.92 Å². The van der Waals surface area contributed by atoms with Gasteiger partial charge in [0, 0.05) is 29.9 Å². The Labute approximate surface area is 168 Å². The number of benzene rings is 1. The predicted molar refractivity (Wildman–Crippen MR) is 109 cm³/mol. The summed E-state index contributed by atoms with van der Waals surface area (Å²) in [5, 5.41) is 0.861. The SMILES string of the molecule is COc1ccc2ccc(N3C(=O)c4ccccc4C3CC(=O)CC3CC3)nc2n1. The minimum absolute atomic E-state index is 0.125. The van der Waals surface area contributed by atoms with Crippen LogP contribution in [0.25, 0.3) is 11.0 Å². The molecule has 2 aromatic heterocycles. The fraction of sp³-hybridized carbons (Fsp3) is 0.304. The van der Waals surface area contributed by atoms with Crippen molar-refractivity contribution in [3.05, 3.63) is 59.7 Å². The van der Waals surface area contributed by atoms with E-state index in [9.17, 15) is 9.59 Å². The zero-order valence-electron chi connectivity index (χ0n) is 16.2. The lowest BCUT2D eigenvalue weighted by molar-refractivity contribution is -0.119. The molecule has 3 aromatic rings. The van der Waals surface area contributed by atoms with Crippen molar-refractivity contribution in [3.63, 3.8) is 0 Å². The molecule has 2 aliphatic rings. The third-order valence-electron chi connectivity index (χ3n) is 5.68. The van der Waals surface area contributed by atoms with E-state index in [1.807, 2.05) is 42.5 Å². The molecular weight excluding hydrogens is 366 g/mol. The average molecular weight is 387 g/mol. The third kappa shape index (κ3) is 3.24. The first-order valence-electron chi connectivity index (χ1n) is 9.90. The number of fused-ring (bicyclic) bond motifs is 2. The van der Waals surface area contributed by atoms with E-state index in [-0.39, 0.29) is 17.7 Å². The lowest BCUT2D eigenvalue weighted by Crippen LogP contribution is -2.30. The van der Waals surface area contributed by atoms with E-state index in [1.165, 1.54) is 0 Å². The van der Waals surface area contributed by atoms with Gasteiger partial charge in [0.2, 0.25) is 5.88 Å². The highest BCUT2D eigenvalue weighted by atomic mass is 16.5. The number of pyridine rings is 2. The first-order chi connectivity index (χ1) is 14.1. The normalized spacial score (nSPS) is 18.2. The molecule has 0 bridgehead atoms. The van der Waals surface area contributed by atoms with Crippen molar-refractivity contribution in [2.24, 2.45) is 5.92 Å². The van der Waals surface area contributed by atoms with Crippen LogP contribution in [0.15, 0.2) is 48.5 Å². The number of hydrogen-bond donors (Lipinski definition) is 0. The molecule has 0 saturated heterocycles. The van der Waals surface area contributed by atoms with Crippen molar-refractivity contribution < 1.29 is 14.3 Å². The maximum absolute atomic E-state index is 13.2. The van der Waals surface area contributed by atoms with Gasteiger partial charge in [-0.05, 0) is 48.6 Å². The molecule has 1 amide bonds. The number of carbonyl (C=O) groups is 2. The van der Waals surface area contributed by atoms with Crippen molar-refractivity contribution in [1.29, 1.82) is 0 Å². The molecule has 29 heavy (non-hydrogen) atoms. The number of Topliss-reactive ketones (excluding diaryl/α,β-unsaturated/α-hetero) is 1. The highest BCUT2D eigenvalue weighted by Crippen LogP contribution is 2.41. The van der Waals surface area contributed by atoms with Crippen LogP contribution in [0.5, 0.6) is 5.88 Å². The van der Waals surface area contributed by atoms with E-state index in [0.29, 0.717) is 41.7 Å². The molecule has 1 aliphatic heterocycles. The summed E-state index contributed by atoms with van der Waals surface area (Å²) in [5.74, 6) is 1.57. The molecule has 0 spiro atoms. The van der Waals surface area contributed by atoms with Crippen LogP contribution in [-0.4, -0.2) is 28.8 Å². The van der Waals surface area contributed by atoms with Crippen LogP contribution in [0.2, 0.25) is 0 Å². The molecule has 0 N–H and O–H groups in total. The van der Waals surface area contributed by atoms with Crippen molar-refractivity contribution >= 4 is 28.5 Å². The van der Waals surface area contributed by atoms with Crippen LogP contribution in [0.3, 0.4) is 0 Å². The third-order valence-corrected chi connectivity index (χ3v) is 5.68. The van der Waals surface area contributed by atoms with Gasteiger partial charge in [-0.15, -0.1) is 0 Å². The van der Waals surface area contributed by atoms with E-state index in [1.54, 1.807) is 18.1 Å². The zero-order valence-corrected chi connectivity index (χ0v) is 16.2. The summed E-state index contributed by atoms with van der Waals surface area (Å²) in [6, 6.07) is 14.6. The first-order valence-corrected chi connectivity index (χ1v) is 9.90. The summed E-state index contributed by atoms with van der Waals surface area (Å²) >= 11 is 0. The van der Waals surface area contributed by atoms with Gasteiger partial charge in [-0.1, -0.05) is 18.2 Å². The molecule has 5 rings (SSSR count). The Morgan fingerprint density at radius 2 is 1.86 bits per heavy atom. The van der Waals surface area contributed by atoms with Crippen LogP contribution in [0.1, 0.15) is 47.6 Å². The monoisotopic (exact) mass is 387 g/mol. The Morgan fingerprint density at radius 1 is 1.07 bits per heavy atom. The molecule has 1 saturated carbocycles. The van der Waals surface area contributed by atoms with Crippen LogP contribution >= 0.6 is 0 Å². The molecule has 1 fully saturated rings. The predicted octanol–water partition coefficient (Wildman–Crippen LogP) is 4.10. The van der Waals surface area contributed by atoms with Crippen molar-refractivity contribution in [3.8, 4) is 5.88 Å². The molecule has 1 unspecified atom stereocenters. The lowest BCUT2D eigenvalue weighted by atomic mass is 9.98. The van der Waals surface area contributed by atoms with Crippen molar-refractivity contribution in [1.82, 2.24) is 9.97 Å². The highest BCUT2D eigenvalue weighted by molar-refractivity contribution is 6.11. The van der Waals surface area contributed by atoms with Gasteiger partial charge in [-0.25, -0.2) is 4.98 Å². The highest BCUT2D eigenvalue weighted by Gasteiger charge is 2.40. The van der Waals surface area contributed by atoms with Gasteiger partial charge in [-0.2, -0.15) is 4.98 Å². The number of ether oxygens (including phenoxy) is 1. The van der Waals surface area contributed by atoms with Gasteiger partial charge in [0.15, 0.2) is 5.65 Å².